The molecule has 138 valence electrons. The SMILES string of the molecule is COc1cc(N2CCN(C(=O)CO)CC2)ccc1Nc1ncc(C)cn1. The van der Waals surface area contributed by atoms with Crippen molar-refractivity contribution in [1.82, 2.24) is 14.9 Å². The maximum atomic E-state index is 11.6. The first-order chi connectivity index (χ1) is 12.6. The molecule has 0 aliphatic carbocycles. The number of methoxy groups -OCH3 is 1. The number of aromatic nitrogens is 2. The van der Waals surface area contributed by atoms with Crippen LogP contribution in [0.3, 0.4) is 0 Å². The molecule has 0 unspecified atom stereocenters. The van der Waals surface area contributed by atoms with Gasteiger partial charge in [0, 0.05) is 50.3 Å². The van der Waals surface area contributed by atoms with E-state index in [4.69, 9.17) is 9.84 Å². The van der Waals surface area contributed by atoms with Gasteiger partial charge in [-0.3, -0.25) is 4.79 Å². The fourth-order valence-corrected chi connectivity index (χ4v) is 2.87. The lowest BCUT2D eigenvalue weighted by Crippen LogP contribution is -2.49. The number of nitrogens with one attached hydrogen (secondary N) is 1. The molecule has 26 heavy (non-hydrogen) atoms. The first-order valence-electron chi connectivity index (χ1n) is 8.48. The van der Waals surface area contributed by atoms with E-state index in [-0.39, 0.29) is 5.91 Å². The maximum Gasteiger partial charge on any atom is 0.248 e. The average molecular weight is 357 g/mol. The van der Waals surface area contributed by atoms with Crippen molar-refractivity contribution >= 4 is 23.2 Å². The molecular formula is C18H23N5O3. The molecule has 0 radical (unpaired) electrons. The van der Waals surface area contributed by atoms with Gasteiger partial charge in [0.1, 0.15) is 12.4 Å². The molecule has 2 heterocycles. The Bertz CT molecular complexity index is 758. The number of nitrogens with zero attached hydrogens (tertiary/aromatic N) is 4. The molecule has 1 aromatic carbocycles. The van der Waals surface area contributed by atoms with Crippen molar-refractivity contribution in [1.29, 1.82) is 0 Å². The van der Waals surface area contributed by atoms with Gasteiger partial charge in [0.05, 0.1) is 12.8 Å². The van der Waals surface area contributed by atoms with Crippen LogP contribution in [-0.2, 0) is 4.79 Å². The molecule has 0 spiro atoms. The summed E-state index contributed by atoms with van der Waals surface area (Å²) < 4.78 is 5.51. The summed E-state index contributed by atoms with van der Waals surface area (Å²) in [6.45, 7) is 4.12. The van der Waals surface area contributed by atoms with Crippen molar-refractivity contribution < 1.29 is 14.6 Å². The van der Waals surface area contributed by atoms with Gasteiger partial charge in [0.15, 0.2) is 0 Å². The number of hydrogen-bond acceptors (Lipinski definition) is 7. The van der Waals surface area contributed by atoms with Crippen molar-refractivity contribution in [3.05, 3.63) is 36.2 Å². The van der Waals surface area contributed by atoms with Gasteiger partial charge in [-0.15, -0.1) is 0 Å². The minimum Gasteiger partial charge on any atom is -0.494 e. The highest BCUT2D eigenvalue weighted by molar-refractivity contribution is 5.77. The zero-order valence-corrected chi connectivity index (χ0v) is 15.0. The molecule has 1 aliphatic rings. The molecule has 1 amide bonds. The Balaban J connectivity index is 1.71. The minimum atomic E-state index is -0.435. The predicted octanol–water partition coefficient (Wildman–Crippen LogP) is 1.18. The van der Waals surface area contributed by atoms with E-state index in [2.05, 4.69) is 20.2 Å². The number of hydrogen-bond donors (Lipinski definition) is 2. The second-order valence-electron chi connectivity index (χ2n) is 6.12. The van der Waals surface area contributed by atoms with Crippen molar-refractivity contribution in [3.63, 3.8) is 0 Å². The average Bonchev–Trinajstić information content (AvgIpc) is 2.69. The van der Waals surface area contributed by atoms with Gasteiger partial charge in [0.25, 0.3) is 0 Å². The fourth-order valence-electron chi connectivity index (χ4n) is 2.87. The summed E-state index contributed by atoms with van der Waals surface area (Å²) in [5.41, 5.74) is 2.80. The molecule has 3 rings (SSSR count). The molecule has 8 nitrogen and oxygen atoms in total. The monoisotopic (exact) mass is 357 g/mol. The Morgan fingerprint density at radius 1 is 1.23 bits per heavy atom. The van der Waals surface area contributed by atoms with Crippen LogP contribution in [0.2, 0.25) is 0 Å². The number of aryl methyl sites for hydroxylation is 1. The summed E-state index contributed by atoms with van der Waals surface area (Å²) in [6, 6.07) is 5.89. The van der Waals surface area contributed by atoms with Crippen LogP contribution in [0, 0.1) is 6.92 Å². The van der Waals surface area contributed by atoms with E-state index in [1.807, 2.05) is 25.1 Å². The number of aliphatic hydroxyl groups is 1. The van der Waals surface area contributed by atoms with Crippen molar-refractivity contribution in [2.45, 2.75) is 6.92 Å². The standard InChI is InChI=1S/C18H23N5O3/c1-13-10-19-18(20-11-13)21-15-4-3-14(9-16(15)26-2)22-5-7-23(8-6-22)17(25)12-24/h3-4,9-11,24H,5-8,12H2,1-2H3,(H,19,20,21). The Hall–Kier alpha value is -2.87. The molecule has 2 N–H and O–H groups in total. The summed E-state index contributed by atoms with van der Waals surface area (Å²) in [6.07, 6.45) is 3.51. The molecule has 0 bridgehead atoms. The molecular weight excluding hydrogens is 334 g/mol. The lowest BCUT2D eigenvalue weighted by molar-refractivity contribution is -0.134. The van der Waals surface area contributed by atoms with E-state index < -0.39 is 6.61 Å². The third-order valence-electron chi connectivity index (χ3n) is 4.35. The predicted molar refractivity (Wildman–Crippen MR) is 98.9 cm³/mol. The Morgan fingerprint density at radius 3 is 2.54 bits per heavy atom. The first kappa shape index (κ1) is 17.9. The summed E-state index contributed by atoms with van der Waals surface area (Å²) in [5.74, 6) is 0.984. The van der Waals surface area contributed by atoms with E-state index >= 15 is 0 Å². The molecule has 1 fully saturated rings. The van der Waals surface area contributed by atoms with E-state index in [0.29, 0.717) is 37.9 Å². The Kier molecular flexibility index (Phi) is 5.52. The van der Waals surface area contributed by atoms with Crippen LogP contribution in [0.4, 0.5) is 17.3 Å². The maximum absolute atomic E-state index is 11.6. The van der Waals surface area contributed by atoms with Gasteiger partial charge in [-0.05, 0) is 24.6 Å². The van der Waals surface area contributed by atoms with Crippen LogP contribution in [0.15, 0.2) is 30.6 Å². The molecule has 2 aromatic rings. The highest BCUT2D eigenvalue weighted by atomic mass is 16.5. The molecule has 8 heteroatoms. The summed E-state index contributed by atoms with van der Waals surface area (Å²) in [7, 11) is 1.62. The quantitative estimate of drug-likeness (QED) is 0.830. The summed E-state index contributed by atoms with van der Waals surface area (Å²) in [5, 5.41) is 12.1. The molecule has 0 saturated carbocycles. The van der Waals surface area contributed by atoms with Crippen LogP contribution in [0.5, 0.6) is 5.75 Å². The van der Waals surface area contributed by atoms with Gasteiger partial charge in [-0.2, -0.15) is 0 Å². The summed E-state index contributed by atoms with van der Waals surface area (Å²) >= 11 is 0. The van der Waals surface area contributed by atoms with E-state index in [1.54, 1.807) is 24.4 Å². The van der Waals surface area contributed by atoms with Gasteiger partial charge in [-0.25, -0.2) is 9.97 Å². The molecule has 1 saturated heterocycles. The van der Waals surface area contributed by atoms with Gasteiger partial charge in [0.2, 0.25) is 11.9 Å². The number of rotatable bonds is 5. The number of aliphatic hydroxyl groups excluding tert-OH is 1. The molecule has 0 atom stereocenters. The first-order valence-corrected chi connectivity index (χ1v) is 8.48. The minimum absolute atomic E-state index is 0.222. The largest absolute Gasteiger partial charge is 0.494 e. The zero-order chi connectivity index (χ0) is 18.5. The van der Waals surface area contributed by atoms with Crippen LogP contribution >= 0.6 is 0 Å². The fraction of sp³-hybridized carbons (Fsp3) is 0.389. The third-order valence-corrected chi connectivity index (χ3v) is 4.35. The van der Waals surface area contributed by atoms with E-state index in [9.17, 15) is 4.79 Å². The number of benzene rings is 1. The molecule has 1 aromatic heterocycles. The highest BCUT2D eigenvalue weighted by Gasteiger charge is 2.21. The third kappa shape index (κ3) is 4.02. The lowest BCUT2D eigenvalue weighted by Gasteiger charge is -2.36. The van der Waals surface area contributed by atoms with Crippen LogP contribution < -0.4 is 15.0 Å². The number of ether oxygens (including phenoxy) is 1. The number of carbonyl (C=O) groups excluding carboxylic acids is 1. The second kappa shape index (κ2) is 8.01. The summed E-state index contributed by atoms with van der Waals surface area (Å²) in [4.78, 5) is 23.9. The number of carbonyl (C=O) groups is 1. The van der Waals surface area contributed by atoms with Crippen molar-refractivity contribution in [3.8, 4) is 5.75 Å². The second-order valence-corrected chi connectivity index (χ2v) is 6.12. The Labute approximate surface area is 152 Å². The van der Waals surface area contributed by atoms with Crippen molar-refractivity contribution in [2.75, 3.05) is 50.1 Å². The number of amides is 1. The smallest absolute Gasteiger partial charge is 0.248 e. The lowest BCUT2D eigenvalue weighted by atomic mass is 10.2. The van der Waals surface area contributed by atoms with Gasteiger partial charge >= 0.3 is 0 Å². The van der Waals surface area contributed by atoms with E-state index in [1.165, 1.54) is 0 Å². The van der Waals surface area contributed by atoms with E-state index in [0.717, 1.165) is 16.9 Å². The number of anilines is 3. The van der Waals surface area contributed by atoms with Gasteiger partial charge < -0.3 is 25.0 Å². The van der Waals surface area contributed by atoms with Crippen LogP contribution in [0.25, 0.3) is 0 Å². The topological polar surface area (TPSA) is 90.8 Å². The van der Waals surface area contributed by atoms with Crippen LogP contribution in [0.1, 0.15) is 5.56 Å². The Morgan fingerprint density at radius 2 is 1.92 bits per heavy atom. The van der Waals surface area contributed by atoms with Crippen LogP contribution in [-0.4, -0.2) is 65.8 Å². The van der Waals surface area contributed by atoms with Crippen molar-refractivity contribution in [2.24, 2.45) is 0 Å². The van der Waals surface area contributed by atoms with Gasteiger partial charge in [-0.1, -0.05) is 0 Å². The zero-order valence-electron chi connectivity index (χ0n) is 15.0. The number of piperazine rings is 1. The molecule has 1 aliphatic heterocycles. The highest BCUT2D eigenvalue weighted by Crippen LogP contribution is 2.31. The normalized spacial score (nSPS) is 14.3.